The smallest absolute Gasteiger partial charge is 0.237 e. The molecule has 0 spiro atoms. The standard InChI is InChI=1S/C18H34N4O2/c1-4-8-19-17(23)13-20-9-11-21(12-10-20)14-18(24)22-15(2)6-5-7-16(22)3/h15-16H,4-14H2,1-3H3,(H,19,23). The Kier molecular flexibility index (Phi) is 7.49. The maximum atomic E-state index is 12.7. The minimum Gasteiger partial charge on any atom is -0.355 e. The van der Waals surface area contributed by atoms with Crippen molar-refractivity contribution >= 4 is 11.8 Å². The van der Waals surface area contributed by atoms with Gasteiger partial charge in [0.25, 0.3) is 0 Å². The molecule has 2 rings (SSSR count). The van der Waals surface area contributed by atoms with E-state index in [9.17, 15) is 9.59 Å². The number of piperazine rings is 1. The molecule has 2 atom stereocenters. The summed E-state index contributed by atoms with van der Waals surface area (Å²) < 4.78 is 0. The molecule has 0 aromatic rings. The molecule has 0 bridgehead atoms. The summed E-state index contributed by atoms with van der Waals surface area (Å²) >= 11 is 0. The number of nitrogens with zero attached hydrogens (tertiary/aromatic N) is 3. The van der Waals surface area contributed by atoms with Crippen molar-refractivity contribution in [2.75, 3.05) is 45.8 Å². The fourth-order valence-corrected chi connectivity index (χ4v) is 3.81. The summed E-state index contributed by atoms with van der Waals surface area (Å²) in [5.74, 6) is 0.376. The molecule has 0 radical (unpaired) electrons. The molecule has 2 aliphatic heterocycles. The third kappa shape index (κ3) is 5.45. The average Bonchev–Trinajstić information content (AvgIpc) is 2.54. The fraction of sp³-hybridized carbons (Fsp3) is 0.889. The fourth-order valence-electron chi connectivity index (χ4n) is 3.81. The second-order valence-corrected chi connectivity index (χ2v) is 7.33. The van der Waals surface area contributed by atoms with E-state index in [1.807, 2.05) is 0 Å². The van der Waals surface area contributed by atoms with Gasteiger partial charge in [0.2, 0.25) is 11.8 Å². The van der Waals surface area contributed by atoms with Crippen LogP contribution in [-0.4, -0.2) is 84.4 Å². The van der Waals surface area contributed by atoms with Crippen LogP contribution in [0, 0.1) is 0 Å². The Hall–Kier alpha value is -1.14. The third-order valence-corrected chi connectivity index (χ3v) is 5.24. The van der Waals surface area contributed by atoms with Crippen LogP contribution in [0.3, 0.4) is 0 Å². The zero-order valence-corrected chi connectivity index (χ0v) is 15.6. The van der Waals surface area contributed by atoms with Crippen molar-refractivity contribution in [1.82, 2.24) is 20.0 Å². The number of hydrogen-bond donors (Lipinski definition) is 1. The summed E-state index contributed by atoms with van der Waals surface area (Å²) in [7, 11) is 0. The number of amides is 2. The highest BCUT2D eigenvalue weighted by Gasteiger charge is 2.30. The lowest BCUT2D eigenvalue weighted by Gasteiger charge is -2.41. The molecule has 0 saturated carbocycles. The Balaban J connectivity index is 1.72. The predicted octanol–water partition coefficient (Wildman–Crippen LogP) is 0.920. The highest BCUT2D eigenvalue weighted by Crippen LogP contribution is 2.22. The van der Waals surface area contributed by atoms with Crippen LogP contribution in [0.2, 0.25) is 0 Å². The van der Waals surface area contributed by atoms with Crippen LogP contribution < -0.4 is 5.32 Å². The summed E-state index contributed by atoms with van der Waals surface area (Å²) in [6.45, 7) is 11.6. The van der Waals surface area contributed by atoms with Crippen molar-refractivity contribution in [2.24, 2.45) is 0 Å². The molecule has 2 unspecified atom stereocenters. The van der Waals surface area contributed by atoms with Gasteiger partial charge in [0.15, 0.2) is 0 Å². The molecular formula is C18H34N4O2. The lowest BCUT2D eigenvalue weighted by Crippen LogP contribution is -2.55. The molecule has 0 aromatic heterocycles. The Bertz CT molecular complexity index is 411. The zero-order valence-electron chi connectivity index (χ0n) is 15.6. The molecule has 0 aliphatic carbocycles. The first-order chi connectivity index (χ1) is 11.5. The molecule has 1 N–H and O–H groups in total. The van der Waals surface area contributed by atoms with E-state index in [0.717, 1.165) is 52.0 Å². The molecule has 2 aliphatic rings. The first kappa shape index (κ1) is 19.2. The average molecular weight is 338 g/mol. The van der Waals surface area contributed by atoms with E-state index < -0.39 is 0 Å². The van der Waals surface area contributed by atoms with Crippen molar-refractivity contribution in [3.63, 3.8) is 0 Å². The van der Waals surface area contributed by atoms with E-state index in [0.29, 0.717) is 25.2 Å². The van der Waals surface area contributed by atoms with E-state index in [1.165, 1.54) is 6.42 Å². The quantitative estimate of drug-likeness (QED) is 0.782. The van der Waals surface area contributed by atoms with Gasteiger partial charge >= 0.3 is 0 Å². The topological polar surface area (TPSA) is 55.9 Å². The largest absolute Gasteiger partial charge is 0.355 e. The number of rotatable bonds is 6. The van der Waals surface area contributed by atoms with E-state index >= 15 is 0 Å². The first-order valence-corrected chi connectivity index (χ1v) is 9.53. The van der Waals surface area contributed by atoms with Crippen LogP contribution in [0.1, 0.15) is 46.5 Å². The van der Waals surface area contributed by atoms with Gasteiger partial charge in [0.1, 0.15) is 0 Å². The highest BCUT2D eigenvalue weighted by atomic mass is 16.2. The van der Waals surface area contributed by atoms with Gasteiger partial charge in [-0.25, -0.2) is 0 Å². The maximum Gasteiger partial charge on any atom is 0.237 e. The third-order valence-electron chi connectivity index (χ3n) is 5.24. The number of hydrogen-bond acceptors (Lipinski definition) is 4. The summed E-state index contributed by atoms with van der Waals surface area (Å²) in [6.07, 6.45) is 4.44. The van der Waals surface area contributed by atoms with Crippen molar-refractivity contribution in [3.05, 3.63) is 0 Å². The number of nitrogens with one attached hydrogen (secondary N) is 1. The Morgan fingerprint density at radius 2 is 1.50 bits per heavy atom. The van der Waals surface area contributed by atoms with Gasteiger partial charge in [-0.1, -0.05) is 6.92 Å². The number of carbonyl (C=O) groups excluding carboxylic acids is 2. The van der Waals surface area contributed by atoms with Crippen molar-refractivity contribution in [3.8, 4) is 0 Å². The first-order valence-electron chi connectivity index (χ1n) is 9.53. The lowest BCUT2D eigenvalue weighted by atomic mass is 9.97. The molecule has 2 heterocycles. The van der Waals surface area contributed by atoms with Gasteiger partial charge in [-0.05, 0) is 39.5 Å². The van der Waals surface area contributed by atoms with Crippen LogP contribution >= 0.6 is 0 Å². The Labute approximate surface area is 146 Å². The van der Waals surface area contributed by atoms with Crippen molar-refractivity contribution in [1.29, 1.82) is 0 Å². The molecule has 24 heavy (non-hydrogen) atoms. The maximum absolute atomic E-state index is 12.7. The SMILES string of the molecule is CCCNC(=O)CN1CCN(CC(=O)N2C(C)CCCC2C)CC1. The van der Waals surface area contributed by atoms with Gasteiger partial charge in [-0.2, -0.15) is 0 Å². The molecule has 2 fully saturated rings. The lowest BCUT2D eigenvalue weighted by molar-refractivity contribution is -0.139. The Morgan fingerprint density at radius 1 is 0.958 bits per heavy atom. The van der Waals surface area contributed by atoms with E-state index in [2.05, 4.69) is 40.8 Å². The van der Waals surface area contributed by atoms with Crippen LogP contribution in [0.5, 0.6) is 0 Å². The van der Waals surface area contributed by atoms with Crippen LogP contribution in [0.4, 0.5) is 0 Å². The minimum absolute atomic E-state index is 0.109. The second kappa shape index (κ2) is 9.37. The summed E-state index contributed by atoms with van der Waals surface area (Å²) in [6, 6.07) is 0.731. The molecule has 6 heteroatoms. The molecule has 138 valence electrons. The number of piperidine rings is 1. The summed E-state index contributed by atoms with van der Waals surface area (Å²) in [4.78, 5) is 31.0. The van der Waals surface area contributed by atoms with Crippen molar-refractivity contribution in [2.45, 2.75) is 58.5 Å². The highest BCUT2D eigenvalue weighted by molar-refractivity contribution is 5.79. The molecular weight excluding hydrogens is 304 g/mol. The second-order valence-electron chi connectivity index (χ2n) is 7.33. The normalized spacial score (nSPS) is 26.4. The van der Waals surface area contributed by atoms with Crippen LogP contribution in [0.15, 0.2) is 0 Å². The van der Waals surface area contributed by atoms with E-state index in [1.54, 1.807) is 0 Å². The van der Waals surface area contributed by atoms with Gasteiger partial charge in [0.05, 0.1) is 13.1 Å². The van der Waals surface area contributed by atoms with Crippen molar-refractivity contribution < 1.29 is 9.59 Å². The summed E-state index contributed by atoms with van der Waals surface area (Å²) in [5, 5.41) is 2.92. The summed E-state index contributed by atoms with van der Waals surface area (Å²) in [5.41, 5.74) is 0. The zero-order chi connectivity index (χ0) is 17.5. The van der Waals surface area contributed by atoms with Gasteiger partial charge < -0.3 is 10.2 Å². The van der Waals surface area contributed by atoms with Gasteiger partial charge in [-0.3, -0.25) is 19.4 Å². The van der Waals surface area contributed by atoms with Crippen LogP contribution in [0.25, 0.3) is 0 Å². The number of carbonyl (C=O) groups is 2. The molecule has 0 aromatic carbocycles. The molecule has 2 saturated heterocycles. The van der Waals surface area contributed by atoms with E-state index in [-0.39, 0.29) is 11.8 Å². The molecule has 6 nitrogen and oxygen atoms in total. The minimum atomic E-state index is 0.109. The van der Waals surface area contributed by atoms with Crippen LogP contribution in [-0.2, 0) is 9.59 Å². The number of likely N-dealkylation sites (tertiary alicyclic amines) is 1. The van der Waals surface area contributed by atoms with E-state index in [4.69, 9.17) is 0 Å². The predicted molar refractivity (Wildman–Crippen MR) is 95.8 cm³/mol. The monoisotopic (exact) mass is 338 g/mol. The Morgan fingerprint density at radius 3 is 2.04 bits per heavy atom. The van der Waals surface area contributed by atoms with Gasteiger partial charge in [0, 0.05) is 44.8 Å². The van der Waals surface area contributed by atoms with Gasteiger partial charge in [-0.15, -0.1) is 0 Å². The molecule has 2 amide bonds.